The molecule has 0 aromatic heterocycles. The van der Waals surface area contributed by atoms with Gasteiger partial charge in [-0.2, -0.15) is 0 Å². The van der Waals surface area contributed by atoms with E-state index in [9.17, 15) is 4.79 Å². The van der Waals surface area contributed by atoms with Crippen LogP contribution < -0.4 is 0 Å². The van der Waals surface area contributed by atoms with E-state index in [-0.39, 0.29) is 5.97 Å². The van der Waals surface area contributed by atoms with Gasteiger partial charge in [-0.3, -0.25) is 0 Å². The largest absolute Gasteiger partial charge is 0.466 e. The fourth-order valence-corrected chi connectivity index (χ4v) is 2.19. The highest BCUT2D eigenvalue weighted by Gasteiger charge is 2.43. The third-order valence-electron chi connectivity index (χ3n) is 3.03. The van der Waals surface area contributed by atoms with Gasteiger partial charge in [-0.15, -0.1) is 0 Å². The van der Waals surface area contributed by atoms with Crippen LogP contribution in [0.25, 0.3) is 0 Å². The number of carbonyl (C=O) groups excluding carboxylic acids is 1. The lowest BCUT2D eigenvalue weighted by Gasteiger charge is -2.16. The maximum absolute atomic E-state index is 11.2. The fourth-order valence-electron chi connectivity index (χ4n) is 2.19. The van der Waals surface area contributed by atoms with Crippen molar-refractivity contribution in [1.82, 2.24) is 0 Å². The first-order valence-corrected chi connectivity index (χ1v) is 4.51. The summed E-state index contributed by atoms with van der Waals surface area (Å²) in [5.41, 5.74) is 0.892. The molecule has 0 spiro atoms. The first kappa shape index (κ1) is 7.84. The van der Waals surface area contributed by atoms with Crippen molar-refractivity contribution in [2.24, 2.45) is 17.8 Å². The average Bonchev–Trinajstić information content (AvgIpc) is 2.82. The predicted octanol–water partition coefficient (Wildman–Crippen LogP) is 1.76. The van der Waals surface area contributed by atoms with Crippen LogP contribution in [0.5, 0.6) is 0 Å². The maximum Gasteiger partial charge on any atom is 0.333 e. The van der Waals surface area contributed by atoms with Gasteiger partial charge in [-0.25, -0.2) is 4.79 Å². The van der Waals surface area contributed by atoms with Crippen molar-refractivity contribution in [3.8, 4) is 0 Å². The van der Waals surface area contributed by atoms with Gasteiger partial charge in [0.25, 0.3) is 0 Å². The van der Waals surface area contributed by atoms with Crippen molar-refractivity contribution >= 4 is 5.97 Å². The summed E-state index contributed by atoms with van der Waals surface area (Å²) in [6.07, 6.45) is 4.30. The average molecular weight is 166 g/mol. The molecule has 0 aliphatic heterocycles. The Hall–Kier alpha value is -0.790. The molecule has 2 heteroatoms. The summed E-state index contributed by atoms with van der Waals surface area (Å²) in [4.78, 5) is 11.2. The van der Waals surface area contributed by atoms with Crippen molar-refractivity contribution in [2.75, 3.05) is 7.11 Å². The highest BCUT2D eigenvalue weighted by molar-refractivity contribution is 5.88. The standard InChI is InChI=1S/C10H14O2/c1-6-3-8(10(11)12-2)4-7-5-9(6)7/h4,6-7,9H,3,5H2,1-2H3/t6-,7-,9-/m1/s1. The van der Waals surface area contributed by atoms with Crippen molar-refractivity contribution < 1.29 is 9.53 Å². The van der Waals surface area contributed by atoms with Crippen LogP contribution in [0.15, 0.2) is 11.6 Å². The van der Waals surface area contributed by atoms with Crippen molar-refractivity contribution in [3.05, 3.63) is 11.6 Å². The third-order valence-corrected chi connectivity index (χ3v) is 3.03. The molecule has 0 heterocycles. The molecule has 0 unspecified atom stereocenters. The van der Waals surface area contributed by atoms with E-state index in [1.54, 1.807) is 0 Å². The Bertz CT molecular complexity index is 242. The van der Waals surface area contributed by atoms with Gasteiger partial charge in [0.2, 0.25) is 0 Å². The molecular weight excluding hydrogens is 152 g/mol. The van der Waals surface area contributed by atoms with Gasteiger partial charge in [0.1, 0.15) is 0 Å². The van der Waals surface area contributed by atoms with Gasteiger partial charge in [-0.05, 0) is 30.6 Å². The first-order chi connectivity index (χ1) is 5.72. The Morgan fingerprint density at radius 3 is 3.00 bits per heavy atom. The van der Waals surface area contributed by atoms with E-state index in [1.165, 1.54) is 13.5 Å². The molecule has 0 amide bonds. The molecule has 2 aliphatic carbocycles. The van der Waals surface area contributed by atoms with Crippen LogP contribution >= 0.6 is 0 Å². The minimum atomic E-state index is -0.132. The molecular formula is C10H14O2. The molecule has 0 aromatic rings. The maximum atomic E-state index is 11.2. The molecule has 66 valence electrons. The highest BCUT2D eigenvalue weighted by atomic mass is 16.5. The number of hydrogen-bond donors (Lipinski definition) is 0. The molecule has 2 aliphatic rings. The van der Waals surface area contributed by atoms with E-state index < -0.39 is 0 Å². The second kappa shape index (κ2) is 2.61. The van der Waals surface area contributed by atoms with Crippen LogP contribution in [0.4, 0.5) is 0 Å². The van der Waals surface area contributed by atoms with Gasteiger partial charge < -0.3 is 4.74 Å². The Morgan fingerprint density at radius 1 is 1.67 bits per heavy atom. The number of fused-ring (bicyclic) bond motifs is 1. The highest BCUT2D eigenvalue weighted by Crippen LogP contribution is 2.51. The zero-order chi connectivity index (χ0) is 8.72. The SMILES string of the molecule is COC(=O)C1=C[C@@H]2C[C@@H]2[C@H](C)C1. The Balaban J connectivity index is 2.11. The smallest absolute Gasteiger partial charge is 0.333 e. The van der Waals surface area contributed by atoms with E-state index >= 15 is 0 Å². The molecule has 0 N–H and O–H groups in total. The van der Waals surface area contributed by atoms with E-state index in [2.05, 4.69) is 13.0 Å². The van der Waals surface area contributed by atoms with E-state index in [1.807, 2.05) is 0 Å². The summed E-state index contributed by atoms with van der Waals surface area (Å²) in [7, 11) is 1.45. The quantitative estimate of drug-likeness (QED) is 0.555. The number of hydrogen-bond acceptors (Lipinski definition) is 2. The van der Waals surface area contributed by atoms with Crippen LogP contribution in [-0.2, 0) is 9.53 Å². The lowest BCUT2D eigenvalue weighted by atomic mass is 9.90. The molecule has 1 saturated carbocycles. The molecule has 12 heavy (non-hydrogen) atoms. The van der Waals surface area contributed by atoms with Crippen LogP contribution in [-0.4, -0.2) is 13.1 Å². The Morgan fingerprint density at radius 2 is 2.42 bits per heavy atom. The summed E-state index contributed by atoms with van der Waals surface area (Å²) in [6.45, 7) is 2.22. The topological polar surface area (TPSA) is 26.3 Å². The number of carbonyl (C=O) groups is 1. The molecule has 2 nitrogen and oxygen atoms in total. The molecule has 0 bridgehead atoms. The van der Waals surface area contributed by atoms with E-state index in [0.717, 1.165) is 17.9 Å². The monoisotopic (exact) mass is 166 g/mol. The number of methoxy groups -OCH3 is 1. The molecule has 0 saturated heterocycles. The molecule has 1 fully saturated rings. The van der Waals surface area contributed by atoms with Gasteiger partial charge in [-0.1, -0.05) is 13.0 Å². The van der Waals surface area contributed by atoms with E-state index in [4.69, 9.17) is 4.74 Å². The van der Waals surface area contributed by atoms with Gasteiger partial charge in [0, 0.05) is 5.57 Å². The summed E-state index contributed by atoms with van der Waals surface area (Å²) < 4.78 is 4.70. The summed E-state index contributed by atoms with van der Waals surface area (Å²) >= 11 is 0. The lowest BCUT2D eigenvalue weighted by molar-refractivity contribution is -0.136. The number of allylic oxidation sites excluding steroid dienone is 1. The van der Waals surface area contributed by atoms with Gasteiger partial charge in [0.15, 0.2) is 0 Å². The van der Waals surface area contributed by atoms with Crippen molar-refractivity contribution in [3.63, 3.8) is 0 Å². The van der Waals surface area contributed by atoms with Crippen LogP contribution in [0.3, 0.4) is 0 Å². The number of esters is 1. The lowest BCUT2D eigenvalue weighted by Crippen LogP contribution is -2.13. The molecule has 0 radical (unpaired) electrons. The molecule has 2 rings (SSSR count). The first-order valence-electron chi connectivity index (χ1n) is 4.51. The summed E-state index contributed by atoms with van der Waals surface area (Å²) in [5, 5.41) is 0. The van der Waals surface area contributed by atoms with Crippen LogP contribution in [0.1, 0.15) is 19.8 Å². The summed E-state index contributed by atoms with van der Waals surface area (Å²) in [5.74, 6) is 2.09. The number of rotatable bonds is 1. The normalized spacial score (nSPS) is 38.2. The summed E-state index contributed by atoms with van der Waals surface area (Å²) in [6, 6.07) is 0. The Kier molecular flexibility index (Phi) is 1.71. The van der Waals surface area contributed by atoms with Crippen molar-refractivity contribution in [2.45, 2.75) is 19.8 Å². The van der Waals surface area contributed by atoms with E-state index in [0.29, 0.717) is 11.8 Å². The van der Waals surface area contributed by atoms with Gasteiger partial charge >= 0.3 is 5.97 Å². The second-order valence-corrected chi connectivity index (χ2v) is 3.93. The predicted molar refractivity (Wildman–Crippen MR) is 45.5 cm³/mol. The fraction of sp³-hybridized carbons (Fsp3) is 0.700. The van der Waals surface area contributed by atoms with Crippen LogP contribution in [0.2, 0.25) is 0 Å². The van der Waals surface area contributed by atoms with Crippen molar-refractivity contribution in [1.29, 1.82) is 0 Å². The zero-order valence-electron chi connectivity index (χ0n) is 7.54. The second-order valence-electron chi connectivity index (χ2n) is 3.93. The third kappa shape index (κ3) is 1.15. The Labute approximate surface area is 72.6 Å². The molecule has 3 atom stereocenters. The molecule has 0 aromatic carbocycles. The minimum absolute atomic E-state index is 0.132. The van der Waals surface area contributed by atoms with Gasteiger partial charge in [0.05, 0.1) is 7.11 Å². The zero-order valence-corrected chi connectivity index (χ0v) is 7.54. The number of ether oxygens (including phenoxy) is 1. The minimum Gasteiger partial charge on any atom is -0.466 e. The van der Waals surface area contributed by atoms with Crippen LogP contribution in [0, 0.1) is 17.8 Å².